The number of nitrogens with one attached hydrogen (secondary N) is 1. The third-order valence-electron chi connectivity index (χ3n) is 4.24. The zero-order chi connectivity index (χ0) is 15.5. The van der Waals surface area contributed by atoms with Crippen LogP contribution < -0.4 is 10.1 Å². The van der Waals surface area contributed by atoms with Gasteiger partial charge in [0.05, 0.1) is 13.0 Å². The maximum Gasteiger partial charge on any atom is 0.391 e. The van der Waals surface area contributed by atoms with Gasteiger partial charge in [0.1, 0.15) is 5.75 Å². The van der Waals surface area contributed by atoms with Crippen LogP contribution in [0.25, 0.3) is 0 Å². The molecule has 5 heteroatoms. The fraction of sp³-hybridized carbons (Fsp3) is 0.625. The highest BCUT2D eigenvalue weighted by atomic mass is 19.4. The Bertz CT molecular complexity index is 465. The van der Waals surface area contributed by atoms with Gasteiger partial charge in [0.25, 0.3) is 0 Å². The molecule has 118 valence electrons. The minimum Gasteiger partial charge on any atom is -0.496 e. The average Bonchev–Trinajstić information content (AvgIpc) is 2.45. The zero-order valence-corrected chi connectivity index (χ0v) is 12.5. The van der Waals surface area contributed by atoms with Crippen molar-refractivity contribution in [2.75, 3.05) is 7.11 Å². The van der Waals surface area contributed by atoms with Crippen molar-refractivity contribution in [3.63, 3.8) is 0 Å². The molecule has 0 heterocycles. The van der Waals surface area contributed by atoms with E-state index in [0.29, 0.717) is 19.4 Å². The van der Waals surface area contributed by atoms with Gasteiger partial charge in [0.15, 0.2) is 0 Å². The first-order chi connectivity index (χ1) is 9.90. The van der Waals surface area contributed by atoms with Gasteiger partial charge in [-0.1, -0.05) is 12.1 Å². The lowest BCUT2D eigenvalue weighted by Crippen LogP contribution is -2.36. The summed E-state index contributed by atoms with van der Waals surface area (Å²) in [6, 6.07) is 6.14. The van der Waals surface area contributed by atoms with Crippen LogP contribution in [0, 0.1) is 12.8 Å². The summed E-state index contributed by atoms with van der Waals surface area (Å²) >= 11 is 0. The molecular weight excluding hydrogens is 279 g/mol. The molecule has 1 saturated carbocycles. The second-order valence-corrected chi connectivity index (χ2v) is 5.78. The summed E-state index contributed by atoms with van der Waals surface area (Å²) < 4.78 is 43.0. The number of hydrogen-bond donors (Lipinski definition) is 1. The van der Waals surface area contributed by atoms with Gasteiger partial charge in [0, 0.05) is 12.6 Å². The normalized spacial score (nSPS) is 23.1. The van der Waals surface area contributed by atoms with Crippen molar-refractivity contribution in [2.24, 2.45) is 5.92 Å². The van der Waals surface area contributed by atoms with Gasteiger partial charge in [0.2, 0.25) is 0 Å². The monoisotopic (exact) mass is 301 g/mol. The highest BCUT2D eigenvalue weighted by molar-refractivity contribution is 5.36. The van der Waals surface area contributed by atoms with Crippen LogP contribution in [-0.4, -0.2) is 19.3 Å². The number of methoxy groups -OCH3 is 1. The summed E-state index contributed by atoms with van der Waals surface area (Å²) in [7, 11) is 1.64. The first-order valence-electron chi connectivity index (χ1n) is 7.33. The number of ether oxygens (including phenoxy) is 1. The predicted octanol–water partition coefficient (Wildman–Crippen LogP) is 4.21. The summed E-state index contributed by atoms with van der Waals surface area (Å²) in [5.74, 6) is -0.261. The van der Waals surface area contributed by atoms with E-state index in [1.807, 2.05) is 25.1 Å². The molecule has 1 aromatic rings. The molecule has 1 fully saturated rings. The van der Waals surface area contributed by atoms with E-state index in [4.69, 9.17) is 4.74 Å². The van der Waals surface area contributed by atoms with E-state index in [9.17, 15) is 13.2 Å². The molecule has 21 heavy (non-hydrogen) atoms. The standard InChI is InChI=1S/C16H22F3NO/c1-11-9-12(3-8-15(11)21-2)10-20-14-6-4-13(5-7-14)16(17,18)19/h3,8-9,13-14,20H,4-7,10H2,1-2H3. The molecule has 1 aliphatic rings. The van der Waals surface area contributed by atoms with E-state index in [1.54, 1.807) is 7.11 Å². The van der Waals surface area contributed by atoms with Crippen LogP contribution in [0.5, 0.6) is 5.75 Å². The van der Waals surface area contributed by atoms with Crippen LogP contribution in [0.1, 0.15) is 36.8 Å². The average molecular weight is 301 g/mol. The van der Waals surface area contributed by atoms with Gasteiger partial charge in [-0.15, -0.1) is 0 Å². The smallest absolute Gasteiger partial charge is 0.391 e. The Morgan fingerprint density at radius 2 is 1.86 bits per heavy atom. The number of alkyl halides is 3. The summed E-state index contributed by atoms with van der Waals surface area (Å²) in [6.07, 6.45) is -2.36. The van der Waals surface area contributed by atoms with Crippen LogP contribution in [0.15, 0.2) is 18.2 Å². The maximum absolute atomic E-state index is 12.6. The highest BCUT2D eigenvalue weighted by Crippen LogP contribution is 2.37. The fourth-order valence-corrected chi connectivity index (χ4v) is 2.94. The van der Waals surface area contributed by atoms with E-state index in [2.05, 4.69) is 5.32 Å². The molecule has 0 unspecified atom stereocenters. The van der Waals surface area contributed by atoms with Crippen LogP contribution in [0.3, 0.4) is 0 Å². The molecule has 1 aliphatic carbocycles. The van der Waals surface area contributed by atoms with E-state index in [0.717, 1.165) is 16.9 Å². The lowest BCUT2D eigenvalue weighted by molar-refractivity contribution is -0.182. The van der Waals surface area contributed by atoms with Gasteiger partial charge < -0.3 is 10.1 Å². The molecule has 0 amide bonds. The number of benzene rings is 1. The minimum absolute atomic E-state index is 0.186. The zero-order valence-electron chi connectivity index (χ0n) is 12.5. The van der Waals surface area contributed by atoms with Crippen molar-refractivity contribution in [1.82, 2.24) is 5.32 Å². The summed E-state index contributed by atoms with van der Waals surface area (Å²) in [4.78, 5) is 0. The minimum atomic E-state index is -4.03. The van der Waals surface area contributed by atoms with E-state index >= 15 is 0 Å². The molecule has 0 aromatic heterocycles. The Balaban J connectivity index is 1.81. The largest absolute Gasteiger partial charge is 0.496 e. The Morgan fingerprint density at radius 1 is 1.19 bits per heavy atom. The summed E-state index contributed by atoms with van der Waals surface area (Å²) in [6.45, 7) is 2.67. The predicted molar refractivity (Wildman–Crippen MR) is 76.4 cm³/mol. The first kappa shape index (κ1) is 16.1. The molecule has 1 aromatic carbocycles. The van der Waals surface area contributed by atoms with Crippen molar-refractivity contribution in [1.29, 1.82) is 0 Å². The van der Waals surface area contributed by atoms with E-state index in [-0.39, 0.29) is 18.9 Å². The molecule has 0 bridgehead atoms. The van der Waals surface area contributed by atoms with Crippen LogP contribution in [0.4, 0.5) is 13.2 Å². The lowest BCUT2D eigenvalue weighted by atomic mass is 9.85. The van der Waals surface area contributed by atoms with Gasteiger partial charge in [-0.3, -0.25) is 0 Å². The first-order valence-corrected chi connectivity index (χ1v) is 7.33. The van der Waals surface area contributed by atoms with Gasteiger partial charge >= 0.3 is 6.18 Å². The van der Waals surface area contributed by atoms with Crippen molar-refractivity contribution < 1.29 is 17.9 Å². The Morgan fingerprint density at radius 3 is 2.38 bits per heavy atom. The molecular formula is C16H22F3NO. The number of aryl methyl sites for hydroxylation is 1. The number of rotatable bonds is 4. The van der Waals surface area contributed by atoms with E-state index < -0.39 is 12.1 Å². The molecule has 1 N–H and O–H groups in total. The van der Waals surface area contributed by atoms with Gasteiger partial charge in [-0.25, -0.2) is 0 Å². The van der Waals surface area contributed by atoms with Gasteiger partial charge in [-0.2, -0.15) is 13.2 Å². The molecule has 0 spiro atoms. The van der Waals surface area contributed by atoms with Crippen molar-refractivity contribution in [3.8, 4) is 5.75 Å². The molecule has 0 radical (unpaired) electrons. The highest BCUT2D eigenvalue weighted by Gasteiger charge is 2.41. The fourth-order valence-electron chi connectivity index (χ4n) is 2.94. The van der Waals surface area contributed by atoms with Crippen molar-refractivity contribution >= 4 is 0 Å². The molecule has 2 rings (SSSR count). The maximum atomic E-state index is 12.6. The molecule has 2 nitrogen and oxygen atoms in total. The van der Waals surface area contributed by atoms with Crippen molar-refractivity contribution in [2.45, 2.75) is 51.4 Å². The van der Waals surface area contributed by atoms with E-state index in [1.165, 1.54) is 0 Å². The quantitative estimate of drug-likeness (QED) is 0.899. The SMILES string of the molecule is COc1ccc(CNC2CCC(C(F)(F)F)CC2)cc1C. The summed E-state index contributed by atoms with van der Waals surface area (Å²) in [5, 5.41) is 3.37. The molecule has 0 saturated heterocycles. The third kappa shape index (κ3) is 4.37. The van der Waals surface area contributed by atoms with Gasteiger partial charge in [-0.05, 0) is 49.8 Å². The third-order valence-corrected chi connectivity index (χ3v) is 4.24. The molecule has 0 atom stereocenters. The Kier molecular flexibility index (Phi) is 5.14. The Labute approximate surface area is 123 Å². The lowest BCUT2D eigenvalue weighted by Gasteiger charge is -2.30. The number of hydrogen-bond acceptors (Lipinski definition) is 2. The second-order valence-electron chi connectivity index (χ2n) is 5.78. The number of halogens is 3. The Hall–Kier alpha value is -1.23. The van der Waals surface area contributed by atoms with Crippen molar-refractivity contribution in [3.05, 3.63) is 29.3 Å². The molecule has 0 aliphatic heterocycles. The van der Waals surface area contributed by atoms with Crippen LogP contribution >= 0.6 is 0 Å². The summed E-state index contributed by atoms with van der Waals surface area (Å²) in [5.41, 5.74) is 2.20. The second kappa shape index (κ2) is 6.69. The van der Waals surface area contributed by atoms with Crippen LogP contribution in [0.2, 0.25) is 0 Å². The topological polar surface area (TPSA) is 21.3 Å². The van der Waals surface area contributed by atoms with Crippen LogP contribution in [-0.2, 0) is 6.54 Å².